The van der Waals surface area contributed by atoms with Gasteiger partial charge in [-0.05, 0) is 64.0 Å². The van der Waals surface area contributed by atoms with Crippen LogP contribution in [0.1, 0.15) is 0 Å². The summed E-state index contributed by atoms with van der Waals surface area (Å²) in [5.74, 6) is 1.69. The first kappa shape index (κ1) is 30.3. The van der Waals surface area contributed by atoms with Gasteiger partial charge in [-0.1, -0.05) is 140 Å². The summed E-state index contributed by atoms with van der Waals surface area (Å²) < 4.78 is 13.1. The number of rotatable bonds is 5. The molecule has 0 atom stereocenters. The Hall–Kier alpha value is -7.37. The minimum absolute atomic E-state index is 0.553. The number of nitrogens with zero attached hydrogens (tertiary/aromatic N) is 3. The lowest BCUT2D eigenvalue weighted by Crippen LogP contribution is -2.00. The Morgan fingerprint density at radius 2 is 0.889 bits per heavy atom. The molecule has 0 bridgehead atoms. The van der Waals surface area contributed by atoms with E-state index in [1.807, 2.05) is 36.4 Å². The molecule has 11 rings (SSSR count). The second-order valence-electron chi connectivity index (χ2n) is 13.6. The Balaban J connectivity index is 1.12. The summed E-state index contributed by atoms with van der Waals surface area (Å²) in [7, 11) is 0. The predicted molar refractivity (Wildman–Crippen MR) is 219 cm³/mol. The number of aromatic nitrogens is 3. The summed E-state index contributed by atoms with van der Waals surface area (Å²) >= 11 is 0. The first-order valence-electron chi connectivity index (χ1n) is 18.0. The number of para-hydroxylation sites is 1. The minimum atomic E-state index is 0.553. The minimum Gasteiger partial charge on any atom is -0.456 e. The molecule has 0 fully saturated rings. The Morgan fingerprint density at radius 3 is 1.69 bits per heavy atom. The van der Waals surface area contributed by atoms with Crippen LogP contribution in [-0.4, -0.2) is 15.0 Å². The van der Waals surface area contributed by atoms with E-state index in [9.17, 15) is 0 Å². The maximum Gasteiger partial charge on any atom is 0.164 e. The van der Waals surface area contributed by atoms with E-state index in [1.54, 1.807) is 0 Å². The Kier molecular flexibility index (Phi) is 6.79. The molecule has 0 N–H and O–H groups in total. The van der Waals surface area contributed by atoms with E-state index in [0.29, 0.717) is 17.5 Å². The Bertz CT molecular complexity index is 3200. The van der Waals surface area contributed by atoms with Crippen LogP contribution >= 0.6 is 0 Å². The number of benzene rings is 8. The lowest BCUT2D eigenvalue weighted by molar-refractivity contribution is 0.669. The highest BCUT2D eigenvalue weighted by Gasteiger charge is 2.19. The third-order valence-corrected chi connectivity index (χ3v) is 10.3. The van der Waals surface area contributed by atoms with Crippen molar-refractivity contribution in [2.45, 2.75) is 0 Å². The molecular formula is C49H29N3O2. The molecule has 0 amide bonds. The monoisotopic (exact) mass is 691 g/mol. The van der Waals surface area contributed by atoms with Crippen LogP contribution in [0.15, 0.2) is 185 Å². The van der Waals surface area contributed by atoms with E-state index in [0.717, 1.165) is 93.6 Å². The van der Waals surface area contributed by atoms with Crippen molar-refractivity contribution in [2.24, 2.45) is 0 Å². The quantitative estimate of drug-likeness (QED) is 0.180. The molecule has 0 aliphatic heterocycles. The van der Waals surface area contributed by atoms with Crippen molar-refractivity contribution in [3.63, 3.8) is 0 Å². The highest BCUT2D eigenvalue weighted by Crippen LogP contribution is 2.41. The van der Waals surface area contributed by atoms with Gasteiger partial charge in [0.1, 0.15) is 22.3 Å². The van der Waals surface area contributed by atoms with Crippen LogP contribution in [0.25, 0.3) is 111 Å². The second kappa shape index (κ2) is 12.1. The normalized spacial score (nSPS) is 11.7. The third-order valence-electron chi connectivity index (χ3n) is 10.3. The van der Waals surface area contributed by atoms with Crippen molar-refractivity contribution < 1.29 is 8.83 Å². The van der Waals surface area contributed by atoms with Gasteiger partial charge in [-0.15, -0.1) is 0 Å². The maximum absolute atomic E-state index is 6.57. The molecule has 0 unspecified atom stereocenters. The average Bonchev–Trinajstić information content (AvgIpc) is 3.82. The maximum atomic E-state index is 6.57. The van der Waals surface area contributed by atoms with E-state index in [4.69, 9.17) is 23.8 Å². The number of hydrogen-bond acceptors (Lipinski definition) is 5. The van der Waals surface area contributed by atoms with Crippen LogP contribution in [0.2, 0.25) is 0 Å². The highest BCUT2D eigenvalue weighted by atomic mass is 16.3. The molecule has 3 aromatic heterocycles. The molecule has 0 radical (unpaired) electrons. The summed E-state index contributed by atoms with van der Waals surface area (Å²) in [5.41, 5.74) is 10.3. The zero-order valence-corrected chi connectivity index (χ0v) is 28.9. The first-order valence-corrected chi connectivity index (χ1v) is 18.0. The van der Waals surface area contributed by atoms with Crippen LogP contribution < -0.4 is 0 Å². The van der Waals surface area contributed by atoms with Crippen LogP contribution in [0.4, 0.5) is 0 Å². The molecule has 3 heterocycles. The molecule has 5 nitrogen and oxygen atoms in total. The van der Waals surface area contributed by atoms with Crippen LogP contribution in [-0.2, 0) is 0 Å². The summed E-state index contributed by atoms with van der Waals surface area (Å²) in [5, 5.41) is 6.50. The Labute approximate surface area is 309 Å². The van der Waals surface area contributed by atoms with Crippen molar-refractivity contribution in [3.05, 3.63) is 176 Å². The van der Waals surface area contributed by atoms with Gasteiger partial charge in [0.15, 0.2) is 17.5 Å². The van der Waals surface area contributed by atoms with Crippen molar-refractivity contribution in [1.29, 1.82) is 0 Å². The lowest BCUT2D eigenvalue weighted by atomic mass is 9.97. The largest absolute Gasteiger partial charge is 0.456 e. The van der Waals surface area contributed by atoms with Gasteiger partial charge >= 0.3 is 0 Å². The van der Waals surface area contributed by atoms with Crippen molar-refractivity contribution in [1.82, 2.24) is 15.0 Å². The zero-order chi connectivity index (χ0) is 35.6. The van der Waals surface area contributed by atoms with E-state index < -0.39 is 0 Å². The van der Waals surface area contributed by atoms with E-state index >= 15 is 0 Å². The van der Waals surface area contributed by atoms with E-state index in [2.05, 4.69) is 140 Å². The smallest absolute Gasteiger partial charge is 0.164 e. The Morgan fingerprint density at radius 1 is 0.315 bits per heavy atom. The topological polar surface area (TPSA) is 65.0 Å². The lowest BCUT2D eigenvalue weighted by Gasteiger charge is -2.11. The number of furan rings is 2. The second-order valence-corrected chi connectivity index (χ2v) is 13.6. The standard InChI is InChI=1S/C49H29N3O2/c1-3-11-30(12-4-1)31-19-21-34(22-20-31)47-50-48(35-24-25-38-39-26-23-33-15-7-8-16-37(33)46(39)54-43(38)28-35)52-49(51-47)36-27-41(32-13-5-2-6-14-32)45-40-17-9-10-18-42(40)53-44(45)29-36/h1-29H. The summed E-state index contributed by atoms with van der Waals surface area (Å²) in [6.45, 7) is 0. The first-order chi connectivity index (χ1) is 26.7. The highest BCUT2D eigenvalue weighted by molar-refractivity contribution is 6.16. The van der Waals surface area contributed by atoms with Crippen molar-refractivity contribution >= 4 is 54.6 Å². The van der Waals surface area contributed by atoms with Gasteiger partial charge in [-0.3, -0.25) is 0 Å². The SMILES string of the molecule is c1ccc(-c2ccc(-c3nc(-c4ccc5c(c4)oc4c6ccccc6ccc54)nc(-c4cc(-c5ccccc5)c5c(c4)oc4ccccc45)n3)cc2)cc1. The van der Waals surface area contributed by atoms with E-state index in [-0.39, 0.29) is 0 Å². The molecule has 0 spiro atoms. The van der Waals surface area contributed by atoms with Crippen molar-refractivity contribution in [2.75, 3.05) is 0 Å². The van der Waals surface area contributed by atoms with Crippen LogP contribution in [0, 0.1) is 0 Å². The van der Waals surface area contributed by atoms with Gasteiger partial charge in [0.05, 0.1) is 0 Å². The molecule has 0 saturated carbocycles. The molecule has 0 aliphatic rings. The van der Waals surface area contributed by atoms with Crippen LogP contribution in [0.5, 0.6) is 0 Å². The van der Waals surface area contributed by atoms with Crippen LogP contribution in [0.3, 0.4) is 0 Å². The predicted octanol–water partition coefficient (Wildman–Crippen LogP) is 13.2. The fourth-order valence-electron chi connectivity index (χ4n) is 7.68. The third kappa shape index (κ3) is 4.98. The van der Waals surface area contributed by atoms with Gasteiger partial charge in [-0.25, -0.2) is 15.0 Å². The summed E-state index contributed by atoms with van der Waals surface area (Å²) in [6.07, 6.45) is 0. The van der Waals surface area contributed by atoms with Gasteiger partial charge in [-0.2, -0.15) is 0 Å². The summed E-state index contributed by atoms with van der Waals surface area (Å²) in [4.78, 5) is 15.4. The number of hydrogen-bond donors (Lipinski definition) is 0. The molecule has 0 saturated heterocycles. The molecule has 54 heavy (non-hydrogen) atoms. The molecular weight excluding hydrogens is 663 g/mol. The zero-order valence-electron chi connectivity index (χ0n) is 28.9. The van der Waals surface area contributed by atoms with Gasteiger partial charge in [0.25, 0.3) is 0 Å². The molecule has 252 valence electrons. The average molecular weight is 692 g/mol. The molecule has 11 aromatic rings. The number of fused-ring (bicyclic) bond motifs is 8. The summed E-state index contributed by atoms with van der Waals surface area (Å²) in [6, 6.07) is 60.4. The molecule has 8 aromatic carbocycles. The fraction of sp³-hybridized carbons (Fsp3) is 0. The molecule has 5 heteroatoms. The fourth-order valence-corrected chi connectivity index (χ4v) is 7.68. The van der Waals surface area contributed by atoms with Gasteiger partial charge in [0, 0.05) is 43.6 Å². The van der Waals surface area contributed by atoms with E-state index in [1.165, 1.54) is 0 Å². The van der Waals surface area contributed by atoms with Gasteiger partial charge in [0.2, 0.25) is 0 Å². The molecule has 0 aliphatic carbocycles. The van der Waals surface area contributed by atoms with Gasteiger partial charge < -0.3 is 8.83 Å². The van der Waals surface area contributed by atoms with Crippen molar-refractivity contribution in [3.8, 4) is 56.4 Å².